The average Bonchev–Trinajstić information content (AvgIpc) is 2.38. The number of fused-ring (bicyclic) bond motifs is 1. The summed E-state index contributed by atoms with van der Waals surface area (Å²) in [5, 5.41) is 9.51. The van der Waals surface area contributed by atoms with E-state index in [0.29, 0.717) is 0 Å². The number of aliphatic hydroxyl groups is 1. The molecule has 2 heterocycles. The molecule has 7 heteroatoms. The highest BCUT2D eigenvalue weighted by Crippen LogP contribution is 2.18. The lowest BCUT2D eigenvalue weighted by molar-refractivity contribution is 0.0521. The van der Waals surface area contributed by atoms with Crippen molar-refractivity contribution in [3.63, 3.8) is 0 Å². The largest absolute Gasteiger partial charge is 0.462 e. The quantitative estimate of drug-likeness (QED) is 0.799. The van der Waals surface area contributed by atoms with Gasteiger partial charge in [0, 0.05) is 10.9 Å². The molecule has 2 N–H and O–H groups in total. The normalized spacial score (nSPS) is 10.7. The van der Waals surface area contributed by atoms with E-state index in [4.69, 9.17) is 4.74 Å². The molecule has 2 rings (SSSR count). The minimum absolute atomic E-state index is 0.00389. The van der Waals surface area contributed by atoms with Crippen molar-refractivity contribution in [2.45, 2.75) is 13.5 Å². The number of carbonyl (C=O) groups is 1. The van der Waals surface area contributed by atoms with Gasteiger partial charge in [-0.25, -0.2) is 14.2 Å². The van der Waals surface area contributed by atoms with Crippen LogP contribution in [0.3, 0.4) is 0 Å². The molecule has 0 bridgehead atoms. The van der Waals surface area contributed by atoms with E-state index in [-0.39, 0.29) is 28.8 Å². The molecule has 19 heavy (non-hydrogen) atoms. The second-order valence-corrected chi connectivity index (χ2v) is 3.74. The van der Waals surface area contributed by atoms with E-state index in [9.17, 15) is 19.1 Å². The Hall–Kier alpha value is -2.28. The number of esters is 1. The number of halogens is 1. The van der Waals surface area contributed by atoms with E-state index < -0.39 is 24.0 Å². The van der Waals surface area contributed by atoms with Gasteiger partial charge in [0.05, 0.1) is 19.4 Å². The van der Waals surface area contributed by atoms with Crippen molar-refractivity contribution in [3.8, 4) is 0 Å². The fourth-order valence-corrected chi connectivity index (χ4v) is 1.79. The number of aromatic nitrogens is 2. The maximum absolute atomic E-state index is 13.2. The van der Waals surface area contributed by atoms with Crippen LogP contribution in [0.5, 0.6) is 0 Å². The summed E-state index contributed by atoms with van der Waals surface area (Å²) in [6.07, 6.45) is 0.934. The third-order valence-electron chi connectivity index (χ3n) is 2.58. The first-order valence-corrected chi connectivity index (χ1v) is 5.56. The maximum Gasteiger partial charge on any atom is 0.344 e. The molecule has 100 valence electrons. The van der Waals surface area contributed by atoms with E-state index in [1.54, 1.807) is 6.92 Å². The van der Waals surface area contributed by atoms with Gasteiger partial charge in [0.15, 0.2) is 0 Å². The van der Waals surface area contributed by atoms with Gasteiger partial charge in [-0.05, 0) is 13.0 Å². The predicted octanol–water partition coefficient (Wildman–Crippen LogP) is 0.731. The second-order valence-electron chi connectivity index (χ2n) is 3.74. The molecule has 2 aromatic rings. The standard InChI is InChI=1S/C12H11FN2O4/c1-2-19-12(18)9-8(5-16)7-3-6(13)4-14-10(7)15-11(9)17/h3-4,16H,2,5H2,1H3,(H,14,15,17). The molecule has 0 atom stereocenters. The topological polar surface area (TPSA) is 92.3 Å². The van der Waals surface area contributed by atoms with Crippen LogP contribution in [0.4, 0.5) is 4.39 Å². The minimum atomic E-state index is -0.862. The van der Waals surface area contributed by atoms with Crippen LogP contribution < -0.4 is 5.56 Å². The average molecular weight is 266 g/mol. The van der Waals surface area contributed by atoms with Crippen LogP contribution in [-0.2, 0) is 11.3 Å². The summed E-state index contributed by atoms with van der Waals surface area (Å²) in [4.78, 5) is 29.6. The third-order valence-corrected chi connectivity index (χ3v) is 2.58. The number of hydrogen-bond acceptors (Lipinski definition) is 5. The number of aromatic amines is 1. The summed E-state index contributed by atoms with van der Waals surface area (Å²) in [7, 11) is 0. The van der Waals surface area contributed by atoms with Gasteiger partial charge in [-0.2, -0.15) is 0 Å². The van der Waals surface area contributed by atoms with Crippen molar-refractivity contribution in [2.75, 3.05) is 6.61 Å². The van der Waals surface area contributed by atoms with E-state index in [1.807, 2.05) is 0 Å². The van der Waals surface area contributed by atoms with Crippen molar-refractivity contribution >= 4 is 17.0 Å². The highest BCUT2D eigenvalue weighted by Gasteiger charge is 2.20. The smallest absolute Gasteiger partial charge is 0.344 e. The van der Waals surface area contributed by atoms with Crippen LogP contribution in [0.1, 0.15) is 22.8 Å². The zero-order valence-corrected chi connectivity index (χ0v) is 10.1. The molecule has 0 aliphatic heterocycles. The van der Waals surface area contributed by atoms with Gasteiger partial charge < -0.3 is 14.8 Å². The van der Waals surface area contributed by atoms with Crippen molar-refractivity contribution in [2.24, 2.45) is 0 Å². The number of hydrogen-bond donors (Lipinski definition) is 2. The number of nitrogens with zero attached hydrogens (tertiary/aromatic N) is 1. The van der Waals surface area contributed by atoms with E-state index >= 15 is 0 Å². The van der Waals surface area contributed by atoms with E-state index in [1.165, 1.54) is 0 Å². The molecule has 0 saturated heterocycles. The van der Waals surface area contributed by atoms with Crippen molar-refractivity contribution in [1.82, 2.24) is 9.97 Å². The third kappa shape index (κ3) is 2.32. The lowest BCUT2D eigenvalue weighted by Crippen LogP contribution is -2.23. The Kier molecular flexibility index (Phi) is 3.57. The molecule has 0 aromatic carbocycles. The Bertz CT molecular complexity index is 696. The highest BCUT2D eigenvalue weighted by molar-refractivity contribution is 5.96. The first-order chi connectivity index (χ1) is 9.08. The Morgan fingerprint density at radius 3 is 2.95 bits per heavy atom. The summed E-state index contributed by atoms with van der Waals surface area (Å²) in [6.45, 7) is 1.08. The molecule has 0 unspecified atom stereocenters. The number of ether oxygens (including phenoxy) is 1. The Morgan fingerprint density at radius 1 is 1.58 bits per heavy atom. The molecule has 2 aromatic heterocycles. The number of carbonyl (C=O) groups excluding carboxylic acids is 1. The monoisotopic (exact) mass is 266 g/mol. The molecule has 6 nitrogen and oxygen atoms in total. The lowest BCUT2D eigenvalue weighted by Gasteiger charge is -2.09. The van der Waals surface area contributed by atoms with Crippen LogP contribution >= 0.6 is 0 Å². The summed E-state index contributed by atoms with van der Waals surface area (Å²) >= 11 is 0. The Balaban J connectivity index is 2.79. The number of aliphatic hydroxyl groups excluding tert-OH is 1. The molecule has 0 aliphatic rings. The van der Waals surface area contributed by atoms with Gasteiger partial charge in [-0.15, -0.1) is 0 Å². The van der Waals surface area contributed by atoms with Crippen molar-refractivity contribution < 1.29 is 19.0 Å². The fourth-order valence-electron chi connectivity index (χ4n) is 1.79. The molecule has 0 saturated carbocycles. The fraction of sp³-hybridized carbons (Fsp3) is 0.250. The lowest BCUT2D eigenvalue weighted by atomic mass is 10.1. The van der Waals surface area contributed by atoms with Crippen LogP contribution in [0.15, 0.2) is 17.1 Å². The minimum Gasteiger partial charge on any atom is -0.462 e. The Morgan fingerprint density at radius 2 is 2.32 bits per heavy atom. The zero-order valence-electron chi connectivity index (χ0n) is 10.1. The Labute approximate surface area is 106 Å². The van der Waals surface area contributed by atoms with Crippen LogP contribution in [0.25, 0.3) is 11.0 Å². The number of rotatable bonds is 3. The molecule has 0 spiro atoms. The number of pyridine rings is 2. The number of nitrogens with one attached hydrogen (secondary N) is 1. The molecular weight excluding hydrogens is 255 g/mol. The maximum atomic E-state index is 13.2. The van der Waals surface area contributed by atoms with Gasteiger partial charge in [0.1, 0.15) is 17.0 Å². The first kappa shape index (κ1) is 13.2. The van der Waals surface area contributed by atoms with Gasteiger partial charge >= 0.3 is 5.97 Å². The van der Waals surface area contributed by atoms with Gasteiger partial charge in [0.2, 0.25) is 0 Å². The zero-order chi connectivity index (χ0) is 14.0. The molecule has 0 fully saturated rings. The van der Waals surface area contributed by atoms with E-state index in [2.05, 4.69) is 9.97 Å². The summed E-state index contributed by atoms with van der Waals surface area (Å²) in [6, 6.07) is 1.09. The predicted molar refractivity (Wildman–Crippen MR) is 64.2 cm³/mol. The SMILES string of the molecule is CCOC(=O)c1c(CO)c2cc(F)cnc2[nH]c1=O. The molecular formula is C12H11FN2O4. The van der Waals surface area contributed by atoms with E-state index in [0.717, 1.165) is 12.3 Å². The molecule has 0 aliphatic carbocycles. The summed E-state index contributed by atoms with van der Waals surface area (Å²) < 4.78 is 17.9. The molecule has 0 radical (unpaired) electrons. The van der Waals surface area contributed by atoms with Gasteiger partial charge in [-0.3, -0.25) is 4.79 Å². The summed E-state index contributed by atoms with van der Waals surface area (Å²) in [5.41, 5.74) is -0.953. The van der Waals surface area contributed by atoms with Crippen molar-refractivity contribution in [3.05, 3.63) is 39.6 Å². The van der Waals surface area contributed by atoms with Crippen LogP contribution in [-0.4, -0.2) is 27.7 Å². The summed E-state index contributed by atoms with van der Waals surface area (Å²) in [5.74, 6) is -1.50. The molecule has 0 amide bonds. The number of H-pyrrole nitrogens is 1. The van der Waals surface area contributed by atoms with Gasteiger partial charge in [-0.1, -0.05) is 0 Å². The highest BCUT2D eigenvalue weighted by atomic mass is 19.1. The first-order valence-electron chi connectivity index (χ1n) is 5.56. The van der Waals surface area contributed by atoms with Crippen LogP contribution in [0, 0.1) is 5.82 Å². The second kappa shape index (κ2) is 5.15. The van der Waals surface area contributed by atoms with Gasteiger partial charge in [0.25, 0.3) is 5.56 Å². The van der Waals surface area contributed by atoms with Crippen LogP contribution in [0.2, 0.25) is 0 Å². The van der Waals surface area contributed by atoms with Crippen molar-refractivity contribution in [1.29, 1.82) is 0 Å².